The highest BCUT2D eigenvalue weighted by molar-refractivity contribution is 7.80. The summed E-state index contributed by atoms with van der Waals surface area (Å²) in [5, 5.41) is 3.56. The quantitative estimate of drug-likeness (QED) is 0.833. The molecule has 110 valence electrons. The minimum Gasteiger partial charge on any atom is -0.388 e. The van der Waals surface area contributed by atoms with Gasteiger partial charge in [-0.25, -0.2) is 4.98 Å². The number of thiocarbonyl (C=S) groups is 1. The Bertz CT molecular complexity index is 492. The minimum absolute atomic E-state index is 0.345. The third kappa shape index (κ3) is 3.92. The van der Waals surface area contributed by atoms with Crippen molar-refractivity contribution in [3.8, 4) is 0 Å². The van der Waals surface area contributed by atoms with Gasteiger partial charge < -0.3 is 11.1 Å². The van der Waals surface area contributed by atoms with Crippen LogP contribution in [0.4, 0.5) is 5.82 Å². The van der Waals surface area contributed by atoms with E-state index < -0.39 is 0 Å². The van der Waals surface area contributed by atoms with Gasteiger partial charge >= 0.3 is 0 Å². The van der Waals surface area contributed by atoms with E-state index in [1.165, 1.54) is 6.42 Å². The molecule has 1 aliphatic rings. The maximum absolute atomic E-state index is 5.64. The van der Waals surface area contributed by atoms with Crippen molar-refractivity contribution in [3.05, 3.63) is 23.9 Å². The summed E-state index contributed by atoms with van der Waals surface area (Å²) < 4.78 is 0. The van der Waals surface area contributed by atoms with Crippen LogP contribution in [-0.2, 0) is 0 Å². The van der Waals surface area contributed by atoms with Crippen molar-refractivity contribution in [1.82, 2.24) is 4.98 Å². The highest BCUT2D eigenvalue weighted by Gasteiger charge is 2.38. The molecule has 3 nitrogen and oxygen atoms in total. The standard InChI is InChI=1S/C16H25N3S/c1-15(2)8-11(9-16(3,4)10-15)18-13-7-5-6-12(19-13)14(17)20/h5-7,11H,8-10H2,1-4H3,(H2,17,20)(H,18,19). The normalized spacial score (nSPS) is 21.4. The molecule has 4 heteroatoms. The average Bonchev–Trinajstić information content (AvgIpc) is 2.24. The third-order valence-electron chi connectivity index (χ3n) is 3.91. The van der Waals surface area contributed by atoms with Crippen LogP contribution in [0.2, 0.25) is 0 Å². The molecule has 1 aromatic rings. The molecule has 0 saturated heterocycles. The second kappa shape index (κ2) is 5.32. The van der Waals surface area contributed by atoms with Crippen LogP contribution in [0.1, 0.15) is 52.7 Å². The molecule has 1 aromatic heterocycles. The molecule has 0 radical (unpaired) electrons. The molecule has 0 unspecified atom stereocenters. The van der Waals surface area contributed by atoms with Crippen LogP contribution in [-0.4, -0.2) is 16.0 Å². The van der Waals surface area contributed by atoms with Crippen molar-refractivity contribution < 1.29 is 0 Å². The van der Waals surface area contributed by atoms with Gasteiger partial charge in [0.05, 0.1) is 5.69 Å². The van der Waals surface area contributed by atoms with Crippen molar-refractivity contribution in [1.29, 1.82) is 0 Å². The second-order valence-corrected chi connectivity index (χ2v) is 7.97. The van der Waals surface area contributed by atoms with Gasteiger partial charge in [-0.2, -0.15) is 0 Å². The van der Waals surface area contributed by atoms with E-state index in [-0.39, 0.29) is 0 Å². The van der Waals surface area contributed by atoms with E-state index in [2.05, 4.69) is 38.0 Å². The summed E-state index contributed by atoms with van der Waals surface area (Å²) in [4.78, 5) is 4.83. The summed E-state index contributed by atoms with van der Waals surface area (Å²) in [5.41, 5.74) is 7.05. The Labute approximate surface area is 127 Å². The molecule has 1 aliphatic carbocycles. The van der Waals surface area contributed by atoms with Crippen molar-refractivity contribution in [2.45, 2.75) is 53.0 Å². The zero-order chi connectivity index (χ0) is 15.0. The lowest BCUT2D eigenvalue weighted by Gasteiger charge is -2.45. The molecule has 0 aromatic carbocycles. The van der Waals surface area contributed by atoms with Gasteiger partial charge in [-0.15, -0.1) is 0 Å². The molecule has 0 atom stereocenters. The van der Waals surface area contributed by atoms with Gasteiger partial charge in [-0.3, -0.25) is 0 Å². The van der Waals surface area contributed by atoms with Crippen LogP contribution in [0, 0.1) is 10.8 Å². The van der Waals surface area contributed by atoms with Crippen LogP contribution < -0.4 is 11.1 Å². The lowest BCUT2D eigenvalue weighted by atomic mass is 9.63. The molecule has 20 heavy (non-hydrogen) atoms. The van der Waals surface area contributed by atoms with Crippen molar-refractivity contribution in [2.75, 3.05) is 5.32 Å². The number of nitrogens with one attached hydrogen (secondary N) is 1. The Hall–Kier alpha value is -1.16. The first-order valence-electron chi connectivity index (χ1n) is 7.20. The maximum atomic E-state index is 5.64. The minimum atomic E-state index is 0.345. The molecular formula is C16H25N3S. The number of nitrogens with two attached hydrogens (primary N) is 1. The highest BCUT2D eigenvalue weighted by Crippen LogP contribution is 2.46. The topological polar surface area (TPSA) is 50.9 Å². The van der Waals surface area contributed by atoms with E-state index >= 15 is 0 Å². The summed E-state index contributed by atoms with van der Waals surface area (Å²) in [7, 11) is 0. The van der Waals surface area contributed by atoms with E-state index in [9.17, 15) is 0 Å². The van der Waals surface area contributed by atoms with Gasteiger partial charge in [0, 0.05) is 6.04 Å². The first-order valence-corrected chi connectivity index (χ1v) is 7.61. The Balaban J connectivity index is 2.13. The molecule has 0 spiro atoms. The maximum Gasteiger partial charge on any atom is 0.126 e. The number of nitrogens with zero attached hydrogens (tertiary/aromatic N) is 1. The molecular weight excluding hydrogens is 266 g/mol. The number of pyridine rings is 1. The highest BCUT2D eigenvalue weighted by atomic mass is 32.1. The Morgan fingerprint density at radius 1 is 1.25 bits per heavy atom. The number of aromatic nitrogens is 1. The summed E-state index contributed by atoms with van der Waals surface area (Å²) in [5.74, 6) is 0.869. The van der Waals surface area contributed by atoms with Gasteiger partial charge in [-0.05, 0) is 42.2 Å². The van der Waals surface area contributed by atoms with Crippen LogP contribution >= 0.6 is 12.2 Å². The van der Waals surface area contributed by atoms with E-state index in [0.717, 1.165) is 18.7 Å². The van der Waals surface area contributed by atoms with Crippen molar-refractivity contribution >= 4 is 23.0 Å². The second-order valence-electron chi connectivity index (χ2n) is 7.53. The number of anilines is 1. The van der Waals surface area contributed by atoms with E-state index in [4.69, 9.17) is 18.0 Å². The molecule has 1 heterocycles. The summed E-state index contributed by atoms with van der Waals surface area (Å²) in [6.07, 6.45) is 3.59. The lowest BCUT2D eigenvalue weighted by Crippen LogP contribution is -2.40. The Kier molecular flexibility index (Phi) is 4.05. The first-order chi connectivity index (χ1) is 9.17. The zero-order valence-electron chi connectivity index (χ0n) is 12.9. The Morgan fingerprint density at radius 3 is 2.40 bits per heavy atom. The third-order valence-corrected chi connectivity index (χ3v) is 4.12. The molecule has 1 fully saturated rings. The molecule has 2 rings (SSSR count). The van der Waals surface area contributed by atoms with Gasteiger partial charge in [-0.1, -0.05) is 46.0 Å². The van der Waals surface area contributed by atoms with Crippen LogP contribution in [0.3, 0.4) is 0 Å². The van der Waals surface area contributed by atoms with Crippen molar-refractivity contribution in [3.63, 3.8) is 0 Å². The number of hydrogen-bond donors (Lipinski definition) is 2. The fraction of sp³-hybridized carbons (Fsp3) is 0.625. The first kappa shape index (κ1) is 15.2. The van der Waals surface area contributed by atoms with Gasteiger partial charge in [0.15, 0.2) is 0 Å². The molecule has 0 amide bonds. The fourth-order valence-corrected chi connectivity index (χ4v) is 3.92. The van der Waals surface area contributed by atoms with Crippen molar-refractivity contribution in [2.24, 2.45) is 16.6 Å². The largest absolute Gasteiger partial charge is 0.388 e. The van der Waals surface area contributed by atoms with Gasteiger partial charge in [0.25, 0.3) is 0 Å². The van der Waals surface area contributed by atoms with Crippen LogP contribution in [0.25, 0.3) is 0 Å². The lowest BCUT2D eigenvalue weighted by molar-refractivity contribution is 0.105. The molecule has 3 N–H and O–H groups in total. The van der Waals surface area contributed by atoms with E-state index in [1.54, 1.807) is 0 Å². The van der Waals surface area contributed by atoms with E-state index in [0.29, 0.717) is 27.6 Å². The molecule has 0 bridgehead atoms. The van der Waals surface area contributed by atoms with Gasteiger partial charge in [0.1, 0.15) is 10.8 Å². The fourth-order valence-electron chi connectivity index (χ4n) is 3.81. The molecule has 0 aliphatic heterocycles. The zero-order valence-corrected chi connectivity index (χ0v) is 13.7. The monoisotopic (exact) mass is 291 g/mol. The number of hydrogen-bond acceptors (Lipinski definition) is 3. The van der Waals surface area contributed by atoms with Crippen LogP contribution in [0.15, 0.2) is 18.2 Å². The predicted octanol–water partition coefficient (Wildman–Crippen LogP) is 3.73. The van der Waals surface area contributed by atoms with E-state index in [1.807, 2.05) is 18.2 Å². The Morgan fingerprint density at radius 2 is 1.85 bits per heavy atom. The summed E-state index contributed by atoms with van der Waals surface area (Å²) in [6, 6.07) is 6.23. The van der Waals surface area contributed by atoms with Gasteiger partial charge in [0.2, 0.25) is 0 Å². The predicted molar refractivity (Wildman–Crippen MR) is 88.9 cm³/mol. The SMILES string of the molecule is CC1(C)CC(Nc2cccc(C(N)=S)n2)CC(C)(C)C1. The summed E-state index contributed by atoms with van der Waals surface area (Å²) in [6.45, 7) is 9.39. The van der Waals surface area contributed by atoms with Crippen LogP contribution in [0.5, 0.6) is 0 Å². The summed E-state index contributed by atoms with van der Waals surface area (Å²) >= 11 is 4.99. The molecule has 1 saturated carbocycles. The average molecular weight is 291 g/mol. The number of rotatable bonds is 3. The smallest absolute Gasteiger partial charge is 0.126 e.